The van der Waals surface area contributed by atoms with Gasteiger partial charge in [-0.05, 0) is 24.7 Å². The van der Waals surface area contributed by atoms with Crippen LogP contribution in [0.4, 0.5) is 0 Å². The zero-order valence-electron chi connectivity index (χ0n) is 14.0. The Hall–Kier alpha value is -0.300. The van der Waals surface area contributed by atoms with Crippen LogP contribution in [0.3, 0.4) is 0 Å². The lowest BCUT2D eigenvalue weighted by Gasteiger charge is -2.18. The summed E-state index contributed by atoms with van der Waals surface area (Å²) in [4.78, 5) is 0. The highest BCUT2D eigenvalue weighted by molar-refractivity contribution is 4.59. The summed E-state index contributed by atoms with van der Waals surface area (Å²) in [6.07, 6.45) is 10.6. The lowest BCUT2D eigenvalue weighted by Crippen LogP contribution is -2.14. The maximum Gasteiger partial charge on any atom is 0.0494 e. The van der Waals surface area contributed by atoms with Gasteiger partial charge >= 0.3 is 0 Å². The topological polar surface area (TPSA) is 9.23 Å². The zero-order valence-corrected chi connectivity index (χ0v) is 14.0. The number of unbranched alkanes of at least 4 members (excludes halogenated alkanes) is 2. The molecule has 1 heteroatoms. The fourth-order valence-electron chi connectivity index (χ4n) is 2.20. The molecule has 0 fully saturated rings. The summed E-state index contributed by atoms with van der Waals surface area (Å²) in [6, 6.07) is 0. The lowest BCUT2D eigenvalue weighted by atomic mass is 9.99. The van der Waals surface area contributed by atoms with Gasteiger partial charge in [-0.2, -0.15) is 0 Å². The van der Waals surface area contributed by atoms with Crippen LogP contribution in [0.25, 0.3) is 0 Å². The molecule has 0 amide bonds. The van der Waals surface area contributed by atoms with Gasteiger partial charge in [-0.1, -0.05) is 66.2 Å². The standard InChI is InChI=1S/C16H34O.C2H4/c1-5-9-11-15(7-3)13-17-14-16(8-4)12-10-6-2;1-2/h15-16H,5-14H2,1-4H3;1-2H2. The molecule has 2 atom stereocenters. The van der Waals surface area contributed by atoms with Crippen molar-refractivity contribution >= 4 is 0 Å². The van der Waals surface area contributed by atoms with E-state index in [-0.39, 0.29) is 0 Å². The van der Waals surface area contributed by atoms with E-state index in [1.807, 2.05) is 0 Å². The Morgan fingerprint density at radius 3 is 1.37 bits per heavy atom. The molecule has 0 aromatic carbocycles. The molecule has 0 aromatic heterocycles. The molecule has 0 N–H and O–H groups in total. The third kappa shape index (κ3) is 13.9. The summed E-state index contributed by atoms with van der Waals surface area (Å²) >= 11 is 0. The predicted octanol–water partition coefficient (Wildman–Crippen LogP) is 6.24. The molecular formula is C18H38O. The van der Waals surface area contributed by atoms with Crippen molar-refractivity contribution in [3.8, 4) is 0 Å². The summed E-state index contributed by atoms with van der Waals surface area (Å²) in [5.41, 5.74) is 0. The first-order valence-corrected chi connectivity index (χ1v) is 8.36. The Morgan fingerprint density at radius 1 is 0.737 bits per heavy atom. The van der Waals surface area contributed by atoms with E-state index in [0.717, 1.165) is 25.0 Å². The number of ether oxygens (including phenoxy) is 1. The second-order valence-electron chi connectivity index (χ2n) is 5.37. The van der Waals surface area contributed by atoms with E-state index in [0.29, 0.717) is 0 Å². The van der Waals surface area contributed by atoms with Gasteiger partial charge in [0.1, 0.15) is 0 Å². The van der Waals surface area contributed by atoms with Crippen LogP contribution in [0.15, 0.2) is 13.2 Å². The second kappa shape index (κ2) is 17.7. The quantitative estimate of drug-likeness (QED) is 0.381. The minimum atomic E-state index is 0.790. The van der Waals surface area contributed by atoms with Crippen molar-refractivity contribution in [3.05, 3.63) is 13.2 Å². The average molecular weight is 271 g/mol. The monoisotopic (exact) mass is 270 g/mol. The Balaban J connectivity index is 0. The molecule has 0 heterocycles. The molecular weight excluding hydrogens is 232 g/mol. The third-order valence-corrected chi connectivity index (χ3v) is 3.79. The minimum absolute atomic E-state index is 0.790. The first-order chi connectivity index (χ1) is 9.28. The summed E-state index contributed by atoms with van der Waals surface area (Å²) in [6.45, 7) is 17.1. The number of hydrogen-bond acceptors (Lipinski definition) is 1. The largest absolute Gasteiger partial charge is 0.381 e. The molecule has 1 nitrogen and oxygen atoms in total. The molecule has 0 aromatic rings. The lowest BCUT2D eigenvalue weighted by molar-refractivity contribution is 0.0630. The van der Waals surface area contributed by atoms with E-state index in [2.05, 4.69) is 40.9 Å². The van der Waals surface area contributed by atoms with E-state index in [9.17, 15) is 0 Å². The van der Waals surface area contributed by atoms with Gasteiger partial charge in [0.05, 0.1) is 0 Å². The molecule has 19 heavy (non-hydrogen) atoms. The summed E-state index contributed by atoms with van der Waals surface area (Å²) < 4.78 is 5.93. The minimum Gasteiger partial charge on any atom is -0.381 e. The van der Waals surface area contributed by atoms with Gasteiger partial charge in [0.2, 0.25) is 0 Å². The van der Waals surface area contributed by atoms with Crippen molar-refractivity contribution < 1.29 is 4.74 Å². The molecule has 0 aliphatic rings. The van der Waals surface area contributed by atoms with Crippen molar-refractivity contribution in [3.63, 3.8) is 0 Å². The zero-order chi connectivity index (χ0) is 14.9. The van der Waals surface area contributed by atoms with Crippen LogP contribution in [-0.4, -0.2) is 13.2 Å². The van der Waals surface area contributed by atoms with E-state index in [4.69, 9.17) is 4.74 Å². The van der Waals surface area contributed by atoms with E-state index in [1.165, 1.54) is 51.4 Å². The van der Waals surface area contributed by atoms with Gasteiger partial charge in [0, 0.05) is 13.2 Å². The van der Waals surface area contributed by atoms with Gasteiger partial charge in [-0.25, -0.2) is 0 Å². The van der Waals surface area contributed by atoms with Crippen molar-refractivity contribution in [1.82, 2.24) is 0 Å². The molecule has 0 saturated heterocycles. The molecule has 0 saturated carbocycles. The third-order valence-electron chi connectivity index (χ3n) is 3.79. The highest BCUT2D eigenvalue weighted by atomic mass is 16.5. The Bertz CT molecular complexity index is 140. The molecule has 0 aliphatic heterocycles. The highest BCUT2D eigenvalue weighted by Gasteiger charge is 2.09. The first-order valence-electron chi connectivity index (χ1n) is 8.36. The maximum atomic E-state index is 5.93. The molecule has 116 valence electrons. The van der Waals surface area contributed by atoms with Crippen LogP contribution in [-0.2, 0) is 4.74 Å². The predicted molar refractivity (Wildman–Crippen MR) is 88.7 cm³/mol. The van der Waals surface area contributed by atoms with Crippen molar-refractivity contribution in [2.45, 2.75) is 79.1 Å². The van der Waals surface area contributed by atoms with Crippen molar-refractivity contribution in [2.24, 2.45) is 11.8 Å². The molecule has 0 radical (unpaired) electrons. The van der Waals surface area contributed by atoms with Crippen molar-refractivity contribution in [1.29, 1.82) is 0 Å². The van der Waals surface area contributed by atoms with Crippen molar-refractivity contribution in [2.75, 3.05) is 13.2 Å². The summed E-state index contributed by atoms with van der Waals surface area (Å²) in [7, 11) is 0. The first kappa shape index (κ1) is 21.0. The van der Waals surface area contributed by atoms with Gasteiger partial charge in [-0.15, -0.1) is 13.2 Å². The smallest absolute Gasteiger partial charge is 0.0494 e. The summed E-state index contributed by atoms with van der Waals surface area (Å²) in [5.74, 6) is 1.58. The normalized spacial score (nSPS) is 13.5. The SMILES string of the molecule is C=C.CCCCC(CC)COCC(CC)CCCC. The van der Waals surface area contributed by atoms with Crippen LogP contribution in [0.5, 0.6) is 0 Å². The maximum absolute atomic E-state index is 5.93. The van der Waals surface area contributed by atoms with Gasteiger partial charge in [-0.3, -0.25) is 0 Å². The fourth-order valence-corrected chi connectivity index (χ4v) is 2.20. The number of rotatable bonds is 12. The molecule has 2 unspecified atom stereocenters. The second-order valence-corrected chi connectivity index (χ2v) is 5.37. The van der Waals surface area contributed by atoms with E-state index in [1.54, 1.807) is 0 Å². The Labute approximate surface area is 122 Å². The van der Waals surface area contributed by atoms with Crippen LogP contribution >= 0.6 is 0 Å². The summed E-state index contributed by atoms with van der Waals surface area (Å²) in [5, 5.41) is 0. The van der Waals surface area contributed by atoms with Crippen LogP contribution in [0.1, 0.15) is 79.1 Å². The molecule has 0 aliphatic carbocycles. The van der Waals surface area contributed by atoms with Gasteiger partial charge in [0.25, 0.3) is 0 Å². The molecule has 0 rings (SSSR count). The van der Waals surface area contributed by atoms with Crippen LogP contribution < -0.4 is 0 Å². The molecule has 0 spiro atoms. The highest BCUT2D eigenvalue weighted by Crippen LogP contribution is 2.16. The number of hydrogen-bond donors (Lipinski definition) is 0. The van der Waals surface area contributed by atoms with Crippen LogP contribution in [0, 0.1) is 11.8 Å². The van der Waals surface area contributed by atoms with Crippen LogP contribution in [0.2, 0.25) is 0 Å². The van der Waals surface area contributed by atoms with E-state index < -0.39 is 0 Å². The Morgan fingerprint density at radius 2 is 1.11 bits per heavy atom. The molecule has 0 bridgehead atoms. The van der Waals surface area contributed by atoms with E-state index >= 15 is 0 Å². The van der Waals surface area contributed by atoms with Gasteiger partial charge in [0.15, 0.2) is 0 Å². The Kier molecular flexibility index (Phi) is 19.6. The fraction of sp³-hybridized carbons (Fsp3) is 0.889. The van der Waals surface area contributed by atoms with Gasteiger partial charge < -0.3 is 4.74 Å². The average Bonchev–Trinajstić information content (AvgIpc) is 2.48.